The summed E-state index contributed by atoms with van der Waals surface area (Å²) in [6, 6.07) is 4.37. The highest BCUT2D eigenvalue weighted by atomic mass is 16.2. The second kappa shape index (κ2) is 9.83. The van der Waals surface area contributed by atoms with Gasteiger partial charge in [-0.2, -0.15) is 0 Å². The number of amides is 2. The van der Waals surface area contributed by atoms with Gasteiger partial charge in [0.2, 0.25) is 11.8 Å². The fourth-order valence-electron chi connectivity index (χ4n) is 4.24. The van der Waals surface area contributed by atoms with Crippen molar-refractivity contribution in [3.05, 3.63) is 30.1 Å². The number of likely N-dealkylation sites (tertiary alicyclic amines) is 2. The van der Waals surface area contributed by atoms with Crippen LogP contribution in [0, 0.1) is 5.92 Å². The fourth-order valence-corrected chi connectivity index (χ4v) is 4.24. The second-order valence-corrected chi connectivity index (χ2v) is 7.78. The summed E-state index contributed by atoms with van der Waals surface area (Å²) >= 11 is 0. The third kappa shape index (κ3) is 5.51. The number of piperidine rings is 2. The molecule has 1 aromatic rings. The van der Waals surface area contributed by atoms with Crippen LogP contribution in [0.1, 0.15) is 51.0 Å². The van der Waals surface area contributed by atoms with E-state index in [0.29, 0.717) is 24.9 Å². The highest BCUT2D eigenvalue weighted by molar-refractivity contribution is 5.79. The summed E-state index contributed by atoms with van der Waals surface area (Å²) in [6.45, 7) is 6.22. The molecule has 1 N–H and O–H groups in total. The lowest BCUT2D eigenvalue weighted by Gasteiger charge is -2.42. The molecule has 148 valence electrons. The van der Waals surface area contributed by atoms with Gasteiger partial charge in [0.05, 0.1) is 5.92 Å². The first-order valence-corrected chi connectivity index (χ1v) is 10.4. The Morgan fingerprint density at radius 1 is 1.22 bits per heavy atom. The molecular weight excluding hydrogens is 340 g/mol. The van der Waals surface area contributed by atoms with Crippen molar-refractivity contribution >= 4 is 11.8 Å². The lowest BCUT2D eigenvalue weighted by molar-refractivity contribution is -0.133. The third-order valence-corrected chi connectivity index (χ3v) is 5.81. The molecule has 0 radical (unpaired) electrons. The number of nitrogens with zero attached hydrogens (tertiary/aromatic N) is 3. The van der Waals surface area contributed by atoms with E-state index in [4.69, 9.17) is 0 Å². The Hall–Kier alpha value is -1.95. The van der Waals surface area contributed by atoms with E-state index in [9.17, 15) is 9.59 Å². The average Bonchev–Trinajstić information content (AvgIpc) is 2.73. The van der Waals surface area contributed by atoms with E-state index in [1.807, 2.05) is 17.0 Å². The summed E-state index contributed by atoms with van der Waals surface area (Å²) in [7, 11) is 0. The number of aromatic nitrogens is 1. The van der Waals surface area contributed by atoms with Crippen LogP contribution in [0.25, 0.3) is 0 Å². The Morgan fingerprint density at radius 3 is 2.74 bits per heavy atom. The smallest absolute Gasteiger partial charge is 0.224 e. The van der Waals surface area contributed by atoms with Crippen molar-refractivity contribution in [3.63, 3.8) is 0 Å². The molecule has 2 aliphatic heterocycles. The fraction of sp³-hybridized carbons (Fsp3) is 0.667. The van der Waals surface area contributed by atoms with Crippen LogP contribution in [0.3, 0.4) is 0 Å². The minimum atomic E-state index is 0.0650. The van der Waals surface area contributed by atoms with E-state index in [-0.39, 0.29) is 11.8 Å². The van der Waals surface area contributed by atoms with Gasteiger partial charge >= 0.3 is 0 Å². The number of pyridine rings is 1. The van der Waals surface area contributed by atoms with Crippen LogP contribution in [-0.2, 0) is 16.1 Å². The normalized spacial score (nSPS) is 21.8. The minimum Gasteiger partial charge on any atom is -0.352 e. The largest absolute Gasteiger partial charge is 0.352 e. The number of carbonyl (C=O) groups excluding carboxylic acids is 2. The Bertz CT molecular complexity index is 614. The molecule has 0 saturated carbocycles. The van der Waals surface area contributed by atoms with Crippen LogP contribution in [0.5, 0.6) is 0 Å². The summed E-state index contributed by atoms with van der Waals surface area (Å²) in [4.78, 5) is 33.3. The van der Waals surface area contributed by atoms with E-state index >= 15 is 0 Å². The number of carbonyl (C=O) groups is 2. The van der Waals surface area contributed by atoms with Gasteiger partial charge in [-0.15, -0.1) is 0 Å². The molecule has 0 spiro atoms. The van der Waals surface area contributed by atoms with Gasteiger partial charge in [0.25, 0.3) is 0 Å². The molecule has 0 aliphatic carbocycles. The summed E-state index contributed by atoms with van der Waals surface area (Å²) in [5.41, 5.74) is 1.03. The van der Waals surface area contributed by atoms with Crippen molar-refractivity contribution in [2.45, 2.75) is 58.0 Å². The van der Waals surface area contributed by atoms with Crippen LogP contribution in [0.15, 0.2) is 24.5 Å². The first-order valence-electron chi connectivity index (χ1n) is 10.4. The van der Waals surface area contributed by atoms with Gasteiger partial charge in [-0.3, -0.25) is 19.5 Å². The first kappa shape index (κ1) is 19.8. The summed E-state index contributed by atoms with van der Waals surface area (Å²) in [6.07, 6.45) is 9.20. The molecule has 6 nitrogen and oxygen atoms in total. The maximum atomic E-state index is 12.6. The van der Waals surface area contributed by atoms with Crippen LogP contribution >= 0.6 is 0 Å². The van der Waals surface area contributed by atoms with Crippen molar-refractivity contribution in [2.24, 2.45) is 5.92 Å². The van der Waals surface area contributed by atoms with E-state index in [1.54, 1.807) is 12.4 Å². The molecule has 2 fully saturated rings. The SMILES string of the molecule is CCCC(=O)N1CCC(N2CCC[C@H](C(=O)NCc3cccnc3)C2)CC1. The Kier molecular flexibility index (Phi) is 7.21. The van der Waals surface area contributed by atoms with Gasteiger partial charge in [-0.25, -0.2) is 0 Å². The van der Waals surface area contributed by atoms with Gasteiger partial charge in [0.15, 0.2) is 0 Å². The zero-order valence-electron chi connectivity index (χ0n) is 16.4. The van der Waals surface area contributed by atoms with Crippen molar-refractivity contribution in [1.29, 1.82) is 0 Å². The monoisotopic (exact) mass is 372 g/mol. The van der Waals surface area contributed by atoms with Gasteiger partial charge in [-0.1, -0.05) is 13.0 Å². The molecule has 1 atom stereocenters. The van der Waals surface area contributed by atoms with Gasteiger partial charge < -0.3 is 10.2 Å². The molecule has 2 amide bonds. The zero-order chi connectivity index (χ0) is 19.1. The molecule has 2 saturated heterocycles. The van der Waals surface area contributed by atoms with E-state index in [2.05, 4.69) is 22.1 Å². The first-order chi connectivity index (χ1) is 13.2. The summed E-state index contributed by atoms with van der Waals surface area (Å²) < 4.78 is 0. The summed E-state index contributed by atoms with van der Waals surface area (Å²) in [5, 5.41) is 3.07. The molecule has 6 heteroatoms. The molecule has 27 heavy (non-hydrogen) atoms. The molecule has 1 aromatic heterocycles. The van der Waals surface area contributed by atoms with Crippen LogP contribution in [0.2, 0.25) is 0 Å². The topological polar surface area (TPSA) is 65.5 Å². The van der Waals surface area contributed by atoms with Crippen molar-refractivity contribution < 1.29 is 9.59 Å². The molecule has 0 aromatic carbocycles. The quantitative estimate of drug-likeness (QED) is 0.831. The molecule has 2 aliphatic rings. The minimum absolute atomic E-state index is 0.0650. The predicted molar refractivity (Wildman–Crippen MR) is 105 cm³/mol. The van der Waals surface area contributed by atoms with Crippen LogP contribution in [-0.4, -0.2) is 58.8 Å². The second-order valence-electron chi connectivity index (χ2n) is 7.78. The van der Waals surface area contributed by atoms with Crippen molar-refractivity contribution in [1.82, 2.24) is 20.1 Å². The van der Waals surface area contributed by atoms with E-state index in [1.165, 1.54) is 0 Å². The Morgan fingerprint density at radius 2 is 2.04 bits per heavy atom. The lowest BCUT2D eigenvalue weighted by Crippen LogP contribution is -2.51. The number of nitrogens with one attached hydrogen (secondary N) is 1. The molecule has 0 bridgehead atoms. The Balaban J connectivity index is 1.45. The number of hydrogen-bond acceptors (Lipinski definition) is 4. The van der Waals surface area contributed by atoms with Gasteiger partial charge in [0, 0.05) is 51.0 Å². The summed E-state index contributed by atoms with van der Waals surface area (Å²) in [5.74, 6) is 0.511. The van der Waals surface area contributed by atoms with Crippen LogP contribution < -0.4 is 5.32 Å². The molecule has 3 heterocycles. The van der Waals surface area contributed by atoms with E-state index in [0.717, 1.165) is 63.8 Å². The number of hydrogen-bond donors (Lipinski definition) is 1. The zero-order valence-corrected chi connectivity index (χ0v) is 16.4. The Labute approximate surface area is 162 Å². The number of rotatable bonds is 6. The standard InChI is InChI=1S/C21H32N4O2/c1-2-5-20(26)24-12-8-19(9-13-24)25-11-4-7-18(16-25)21(27)23-15-17-6-3-10-22-14-17/h3,6,10,14,18-19H,2,4-5,7-9,11-13,15-16H2,1H3,(H,23,27)/t18-/m0/s1. The van der Waals surface area contributed by atoms with E-state index < -0.39 is 0 Å². The lowest BCUT2D eigenvalue weighted by atomic mass is 9.93. The highest BCUT2D eigenvalue weighted by Crippen LogP contribution is 2.24. The van der Waals surface area contributed by atoms with Gasteiger partial charge in [-0.05, 0) is 50.3 Å². The average molecular weight is 373 g/mol. The third-order valence-electron chi connectivity index (χ3n) is 5.81. The maximum Gasteiger partial charge on any atom is 0.224 e. The maximum absolute atomic E-state index is 12.6. The molecule has 0 unspecified atom stereocenters. The van der Waals surface area contributed by atoms with Crippen molar-refractivity contribution in [2.75, 3.05) is 26.2 Å². The predicted octanol–water partition coefficient (Wildman–Crippen LogP) is 2.20. The molecular formula is C21H32N4O2. The van der Waals surface area contributed by atoms with Crippen LogP contribution in [0.4, 0.5) is 0 Å². The highest BCUT2D eigenvalue weighted by Gasteiger charge is 2.32. The molecule has 3 rings (SSSR count). The van der Waals surface area contributed by atoms with Crippen molar-refractivity contribution in [3.8, 4) is 0 Å². The van der Waals surface area contributed by atoms with Gasteiger partial charge in [0.1, 0.15) is 0 Å².